The zero-order chi connectivity index (χ0) is 18.8. The number of benzene rings is 2. The average Bonchev–Trinajstić information content (AvgIpc) is 2.65. The Hall–Kier alpha value is -3.33. The number of methoxy groups -OCH3 is 1. The van der Waals surface area contributed by atoms with Crippen molar-refractivity contribution >= 4 is 12.1 Å². The first-order valence-electron chi connectivity index (χ1n) is 7.91. The molecule has 0 radical (unpaired) electrons. The van der Waals surface area contributed by atoms with E-state index in [2.05, 4.69) is 21.9 Å². The Bertz CT molecular complexity index is 825. The van der Waals surface area contributed by atoms with Crippen LogP contribution in [-0.4, -0.2) is 25.7 Å². The van der Waals surface area contributed by atoms with E-state index in [1.54, 1.807) is 0 Å². The van der Waals surface area contributed by atoms with Crippen molar-refractivity contribution in [2.24, 2.45) is 0 Å². The number of hydrogen-bond acceptors (Lipinski definition) is 4. The third-order valence-corrected chi connectivity index (χ3v) is 3.28. The van der Waals surface area contributed by atoms with Crippen LogP contribution in [0.25, 0.3) is 0 Å². The maximum Gasteiger partial charge on any atom is 0.407 e. The summed E-state index contributed by atoms with van der Waals surface area (Å²) in [7, 11) is 1.22. The Morgan fingerprint density at radius 3 is 2.65 bits per heavy atom. The van der Waals surface area contributed by atoms with E-state index in [1.807, 2.05) is 30.3 Å². The molecule has 134 valence electrons. The summed E-state index contributed by atoms with van der Waals surface area (Å²) in [5.74, 6) is 4.35. The Kier molecular flexibility index (Phi) is 7.19. The van der Waals surface area contributed by atoms with Crippen LogP contribution >= 0.6 is 0 Å². The summed E-state index contributed by atoms with van der Waals surface area (Å²) in [5.41, 5.74) is 1.35. The summed E-state index contributed by atoms with van der Waals surface area (Å²) in [4.78, 5) is 23.0. The van der Waals surface area contributed by atoms with Gasteiger partial charge in [0.15, 0.2) is 0 Å². The highest BCUT2D eigenvalue weighted by Gasteiger charge is 2.07. The van der Waals surface area contributed by atoms with Gasteiger partial charge in [-0.15, -0.1) is 0 Å². The molecule has 2 rings (SSSR count). The summed E-state index contributed by atoms with van der Waals surface area (Å²) in [6, 6.07) is 13.1. The smallest absolute Gasteiger partial charge is 0.407 e. The number of esters is 1. The fourth-order valence-corrected chi connectivity index (χ4v) is 2.06. The van der Waals surface area contributed by atoms with E-state index < -0.39 is 17.9 Å². The van der Waals surface area contributed by atoms with Gasteiger partial charge >= 0.3 is 12.1 Å². The molecule has 0 spiro atoms. The van der Waals surface area contributed by atoms with Crippen LogP contribution in [0.3, 0.4) is 0 Å². The fourth-order valence-electron chi connectivity index (χ4n) is 2.06. The largest absolute Gasteiger partial charge is 0.465 e. The number of rotatable bonds is 5. The second-order valence-corrected chi connectivity index (χ2v) is 5.26. The predicted molar refractivity (Wildman–Crippen MR) is 93.9 cm³/mol. The molecule has 2 aromatic carbocycles. The minimum absolute atomic E-state index is 0.0967. The van der Waals surface area contributed by atoms with Gasteiger partial charge in [-0.3, -0.25) is 0 Å². The number of hydrogen-bond donors (Lipinski definition) is 1. The molecule has 2 aromatic rings. The first kappa shape index (κ1) is 19.0. The summed E-state index contributed by atoms with van der Waals surface area (Å²) < 4.78 is 23.1. The molecule has 0 bridgehead atoms. The van der Waals surface area contributed by atoms with Crippen LogP contribution in [0.2, 0.25) is 0 Å². The zero-order valence-corrected chi connectivity index (χ0v) is 14.3. The van der Waals surface area contributed by atoms with Crippen molar-refractivity contribution in [3.63, 3.8) is 0 Å². The zero-order valence-electron chi connectivity index (χ0n) is 14.3. The molecule has 0 fully saturated rings. The fraction of sp³-hybridized carbons (Fsp3) is 0.200. The van der Waals surface area contributed by atoms with Crippen LogP contribution in [0.4, 0.5) is 9.18 Å². The van der Waals surface area contributed by atoms with E-state index in [0.29, 0.717) is 18.5 Å². The monoisotopic (exact) mass is 355 g/mol. The van der Waals surface area contributed by atoms with E-state index in [4.69, 9.17) is 4.74 Å². The normalized spacial score (nSPS) is 9.62. The quantitative estimate of drug-likeness (QED) is 0.508. The van der Waals surface area contributed by atoms with Crippen LogP contribution in [0.5, 0.6) is 0 Å². The Morgan fingerprint density at radius 1 is 1.15 bits per heavy atom. The van der Waals surface area contributed by atoms with Crippen LogP contribution in [0.1, 0.15) is 27.9 Å². The summed E-state index contributed by atoms with van der Waals surface area (Å²) in [5, 5.41) is 2.58. The second-order valence-electron chi connectivity index (χ2n) is 5.26. The number of carbonyl (C=O) groups is 2. The van der Waals surface area contributed by atoms with Gasteiger partial charge in [-0.2, -0.15) is 0 Å². The molecule has 0 aliphatic rings. The molecule has 5 nitrogen and oxygen atoms in total. The Balaban J connectivity index is 1.77. The molecule has 0 saturated carbocycles. The third-order valence-electron chi connectivity index (χ3n) is 3.28. The lowest BCUT2D eigenvalue weighted by Gasteiger charge is -2.05. The average molecular weight is 355 g/mol. The number of ether oxygens (including phenoxy) is 2. The number of carbonyl (C=O) groups excluding carboxylic acids is 2. The lowest BCUT2D eigenvalue weighted by Crippen LogP contribution is -2.24. The van der Waals surface area contributed by atoms with Gasteiger partial charge < -0.3 is 14.8 Å². The maximum absolute atomic E-state index is 13.5. The second kappa shape index (κ2) is 9.84. The van der Waals surface area contributed by atoms with Crippen LogP contribution in [0.15, 0.2) is 48.5 Å². The molecule has 0 aliphatic carbocycles. The molecule has 0 heterocycles. The molecular weight excluding hydrogens is 337 g/mol. The topological polar surface area (TPSA) is 64.6 Å². The highest BCUT2D eigenvalue weighted by Crippen LogP contribution is 2.09. The summed E-state index contributed by atoms with van der Waals surface area (Å²) in [6.45, 7) is 0.484. The van der Waals surface area contributed by atoms with Gasteiger partial charge in [0.1, 0.15) is 12.4 Å². The maximum atomic E-state index is 13.5. The molecule has 1 N–H and O–H groups in total. The lowest BCUT2D eigenvalue weighted by atomic mass is 10.1. The number of nitrogens with one attached hydrogen (secondary N) is 1. The molecule has 26 heavy (non-hydrogen) atoms. The van der Waals surface area contributed by atoms with Crippen molar-refractivity contribution in [2.75, 3.05) is 13.7 Å². The van der Waals surface area contributed by atoms with Gasteiger partial charge in [0.2, 0.25) is 0 Å². The Morgan fingerprint density at radius 2 is 1.92 bits per heavy atom. The summed E-state index contributed by atoms with van der Waals surface area (Å²) >= 11 is 0. The van der Waals surface area contributed by atoms with Crippen molar-refractivity contribution in [3.05, 3.63) is 71.0 Å². The first-order chi connectivity index (χ1) is 12.6. The SMILES string of the molecule is COC(=O)c1cc(F)cc(C#CCCNC(=O)OCc2ccccc2)c1. The number of amides is 1. The van der Waals surface area contributed by atoms with Crippen LogP contribution in [-0.2, 0) is 16.1 Å². The summed E-state index contributed by atoms with van der Waals surface area (Å²) in [6.07, 6.45) is -0.181. The van der Waals surface area contributed by atoms with E-state index in [0.717, 1.165) is 11.6 Å². The van der Waals surface area contributed by atoms with Crippen LogP contribution in [0, 0.1) is 17.7 Å². The highest BCUT2D eigenvalue weighted by atomic mass is 19.1. The van der Waals surface area contributed by atoms with Crippen molar-refractivity contribution in [1.29, 1.82) is 0 Å². The molecule has 0 atom stereocenters. The van der Waals surface area contributed by atoms with Crippen LogP contribution < -0.4 is 5.32 Å². The molecule has 0 aromatic heterocycles. The molecular formula is C20H18FNO4. The van der Waals surface area contributed by atoms with Crippen molar-refractivity contribution in [1.82, 2.24) is 5.32 Å². The van der Waals surface area contributed by atoms with E-state index in [-0.39, 0.29) is 12.2 Å². The first-order valence-corrected chi connectivity index (χ1v) is 7.91. The van der Waals surface area contributed by atoms with E-state index in [9.17, 15) is 14.0 Å². The van der Waals surface area contributed by atoms with Gasteiger partial charge in [0.25, 0.3) is 0 Å². The third kappa shape index (κ3) is 6.29. The van der Waals surface area contributed by atoms with Gasteiger partial charge in [-0.1, -0.05) is 42.2 Å². The molecule has 0 unspecified atom stereocenters. The van der Waals surface area contributed by atoms with E-state index in [1.165, 1.54) is 19.2 Å². The number of halogens is 1. The number of alkyl carbamates (subject to hydrolysis) is 1. The molecule has 1 amide bonds. The van der Waals surface area contributed by atoms with Gasteiger partial charge in [-0.25, -0.2) is 14.0 Å². The van der Waals surface area contributed by atoms with Crippen molar-refractivity contribution < 1.29 is 23.5 Å². The molecule has 6 heteroatoms. The predicted octanol–water partition coefficient (Wildman–Crippen LogP) is 3.28. The highest BCUT2D eigenvalue weighted by molar-refractivity contribution is 5.89. The van der Waals surface area contributed by atoms with Gasteiger partial charge in [0.05, 0.1) is 12.7 Å². The van der Waals surface area contributed by atoms with E-state index >= 15 is 0 Å². The van der Waals surface area contributed by atoms with Gasteiger partial charge in [0, 0.05) is 18.5 Å². The van der Waals surface area contributed by atoms with Crippen molar-refractivity contribution in [2.45, 2.75) is 13.0 Å². The lowest BCUT2D eigenvalue weighted by molar-refractivity contribution is 0.0600. The Labute approximate surface area is 151 Å². The standard InChI is InChI=1S/C20H18FNO4/c1-25-19(23)17-11-16(12-18(21)13-17)9-5-6-10-22-20(24)26-14-15-7-3-2-4-8-15/h2-4,7-8,11-13H,6,10,14H2,1H3,(H,22,24). The molecule has 0 saturated heterocycles. The molecule has 0 aliphatic heterocycles. The minimum atomic E-state index is -0.629. The minimum Gasteiger partial charge on any atom is -0.465 e. The van der Waals surface area contributed by atoms with Crippen molar-refractivity contribution in [3.8, 4) is 11.8 Å². The van der Waals surface area contributed by atoms with Gasteiger partial charge in [-0.05, 0) is 23.8 Å².